The molecule has 0 heterocycles. The third-order valence-electron chi connectivity index (χ3n) is 3.90. The average molecular weight is 331 g/mol. The van der Waals surface area contributed by atoms with Gasteiger partial charge in [-0.05, 0) is 56.5 Å². The number of rotatable bonds is 5. The lowest BCUT2D eigenvalue weighted by Crippen LogP contribution is -2.25. The van der Waals surface area contributed by atoms with Gasteiger partial charge in [0.2, 0.25) is 11.5 Å². The Labute approximate surface area is 139 Å². The molecule has 1 atom stereocenters. The van der Waals surface area contributed by atoms with Gasteiger partial charge >= 0.3 is 5.69 Å². The maximum Gasteiger partial charge on any atom is 0.311 e. The highest BCUT2D eigenvalue weighted by Crippen LogP contribution is 2.29. The number of aryl methyl sites for hydroxylation is 3. The van der Waals surface area contributed by atoms with Gasteiger partial charge in [0.15, 0.2) is 6.10 Å². The largest absolute Gasteiger partial charge is 0.475 e. The fourth-order valence-electron chi connectivity index (χ4n) is 2.42. The molecular formula is C18H18FNO4. The van der Waals surface area contributed by atoms with Crippen molar-refractivity contribution in [3.8, 4) is 5.75 Å². The Kier molecular flexibility index (Phi) is 4.97. The van der Waals surface area contributed by atoms with Crippen LogP contribution >= 0.6 is 0 Å². The van der Waals surface area contributed by atoms with Gasteiger partial charge < -0.3 is 4.74 Å². The molecule has 0 fully saturated rings. The van der Waals surface area contributed by atoms with Gasteiger partial charge in [0, 0.05) is 17.7 Å². The second kappa shape index (κ2) is 6.78. The van der Waals surface area contributed by atoms with E-state index in [2.05, 4.69) is 0 Å². The van der Waals surface area contributed by atoms with Gasteiger partial charge in [-0.15, -0.1) is 0 Å². The molecule has 0 N–H and O–H groups in total. The summed E-state index contributed by atoms with van der Waals surface area (Å²) in [5.74, 6) is -1.24. The molecule has 0 aliphatic heterocycles. The fraction of sp³-hybridized carbons (Fsp3) is 0.278. The molecule has 6 heteroatoms. The number of ether oxygens (including phenoxy) is 1. The fourth-order valence-corrected chi connectivity index (χ4v) is 2.42. The smallest absolute Gasteiger partial charge is 0.311 e. The quantitative estimate of drug-likeness (QED) is 0.465. The number of carbonyl (C=O) groups excluding carboxylic acids is 1. The first kappa shape index (κ1) is 17.6. The van der Waals surface area contributed by atoms with E-state index in [0.717, 1.165) is 34.9 Å². The van der Waals surface area contributed by atoms with Crippen molar-refractivity contribution >= 4 is 11.5 Å². The highest BCUT2D eigenvalue weighted by Gasteiger charge is 2.24. The van der Waals surface area contributed by atoms with Gasteiger partial charge in [-0.25, -0.2) is 4.39 Å². The summed E-state index contributed by atoms with van der Waals surface area (Å²) in [6.45, 7) is 7.16. The number of hydrogen-bond donors (Lipinski definition) is 0. The Balaban J connectivity index is 2.32. The van der Waals surface area contributed by atoms with Gasteiger partial charge in [-0.1, -0.05) is 6.07 Å². The maximum atomic E-state index is 13.4. The molecule has 2 aromatic rings. The van der Waals surface area contributed by atoms with Crippen LogP contribution in [0.2, 0.25) is 0 Å². The van der Waals surface area contributed by atoms with Crippen LogP contribution < -0.4 is 4.74 Å². The summed E-state index contributed by atoms with van der Waals surface area (Å²) in [7, 11) is 0. The van der Waals surface area contributed by atoms with Crippen molar-refractivity contribution < 1.29 is 18.8 Å². The molecule has 0 spiro atoms. The number of benzene rings is 2. The van der Waals surface area contributed by atoms with Gasteiger partial charge in [0.25, 0.3) is 0 Å². The van der Waals surface area contributed by atoms with Crippen LogP contribution in [0.4, 0.5) is 10.1 Å². The van der Waals surface area contributed by atoms with E-state index >= 15 is 0 Å². The summed E-state index contributed by atoms with van der Waals surface area (Å²) in [5.41, 5.74) is 2.94. The minimum Gasteiger partial charge on any atom is -0.475 e. The summed E-state index contributed by atoms with van der Waals surface area (Å²) in [6, 6.07) is 6.58. The standard InChI is InChI=1S/C18H18FNO4/c1-10-7-12(3)15(8-11(10)2)18(21)13(4)24-17-9-14(19)5-6-16(17)20(22)23/h5-9,13H,1-4H3/t13-/m1/s1. The van der Waals surface area contributed by atoms with Crippen LogP contribution in [0, 0.1) is 36.7 Å². The second-order valence-corrected chi connectivity index (χ2v) is 5.74. The molecule has 0 amide bonds. The molecule has 0 aliphatic carbocycles. The second-order valence-electron chi connectivity index (χ2n) is 5.74. The van der Waals surface area contributed by atoms with E-state index in [1.807, 2.05) is 26.8 Å². The van der Waals surface area contributed by atoms with Gasteiger partial charge in [0.05, 0.1) is 4.92 Å². The van der Waals surface area contributed by atoms with Gasteiger partial charge in [-0.3, -0.25) is 14.9 Å². The number of nitro benzene ring substituents is 1. The van der Waals surface area contributed by atoms with Crippen molar-refractivity contribution in [2.75, 3.05) is 0 Å². The zero-order valence-electron chi connectivity index (χ0n) is 13.9. The van der Waals surface area contributed by atoms with E-state index in [0.29, 0.717) is 5.56 Å². The van der Waals surface area contributed by atoms with Gasteiger partial charge in [-0.2, -0.15) is 0 Å². The lowest BCUT2D eigenvalue weighted by atomic mass is 9.96. The predicted molar refractivity (Wildman–Crippen MR) is 88.1 cm³/mol. The molecule has 0 saturated heterocycles. The van der Waals surface area contributed by atoms with E-state index in [1.54, 1.807) is 6.07 Å². The molecule has 0 unspecified atom stereocenters. The SMILES string of the molecule is Cc1cc(C)c(C(=O)[C@@H](C)Oc2cc(F)ccc2[N+](=O)[O-])cc1C. The molecule has 0 radical (unpaired) electrons. The van der Waals surface area contributed by atoms with Crippen LogP contribution in [0.3, 0.4) is 0 Å². The van der Waals surface area contributed by atoms with E-state index < -0.39 is 16.8 Å². The molecule has 0 saturated carbocycles. The summed E-state index contributed by atoms with van der Waals surface area (Å²) < 4.78 is 18.8. The molecule has 24 heavy (non-hydrogen) atoms. The van der Waals surface area contributed by atoms with Crippen molar-refractivity contribution in [1.29, 1.82) is 0 Å². The normalized spacial score (nSPS) is 11.9. The average Bonchev–Trinajstić information content (AvgIpc) is 2.50. The van der Waals surface area contributed by atoms with Crippen LogP contribution in [-0.2, 0) is 0 Å². The zero-order chi connectivity index (χ0) is 18.0. The van der Waals surface area contributed by atoms with Crippen molar-refractivity contribution in [2.45, 2.75) is 33.8 Å². The lowest BCUT2D eigenvalue weighted by Gasteiger charge is -2.16. The predicted octanol–water partition coefficient (Wildman–Crippen LogP) is 4.31. The first-order valence-corrected chi connectivity index (χ1v) is 7.43. The monoisotopic (exact) mass is 331 g/mol. The minimum absolute atomic E-state index is 0.262. The van der Waals surface area contributed by atoms with Crippen LogP contribution in [-0.4, -0.2) is 16.8 Å². The van der Waals surface area contributed by atoms with E-state index in [-0.39, 0.29) is 17.2 Å². The first-order valence-electron chi connectivity index (χ1n) is 7.43. The molecule has 126 valence electrons. The number of Topliss-reactive ketones (excluding diaryl/α,β-unsaturated/α-hetero) is 1. The van der Waals surface area contributed by atoms with Crippen molar-refractivity contribution in [2.24, 2.45) is 0 Å². The summed E-state index contributed by atoms with van der Waals surface area (Å²) in [5, 5.41) is 11.0. The Bertz CT molecular complexity index is 817. The number of nitro groups is 1. The molecule has 2 aromatic carbocycles. The molecule has 5 nitrogen and oxygen atoms in total. The first-order chi connectivity index (χ1) is 11.2. The van der Waals surface area contributed by atoms with Crippen LogP contribution in [0.5, 0.6) is 5.75 Å². The van der Waals surface area contributed by atoms with Crippen molar-refractivity contribution in [3.05, 3.63) is 68.5 Å². The third kappa shape index (κ3) is 3.59. The number of hydrogen-bond acceptors (Lipinski definition) is 4. The lowest BCUT2D eigenvalue weighted by molar-refractivity contribution is -0.386. The number of halogens is 1. The third-order valence-corrected chi connectivity index (χ3v) is 3.90. The van der Waals surface area contributed by atoms with Crippen molar-refractivity contribution in [3.63, 3.8) is 0 Å². The van der Waals surface area contributed by atoms with E-state index in [9.17, 15) is 19.3 Å². The summed E-state index contributed by atoms with van der Waals surface area (Å²) in [4.78, 5) is 22.9. The summed E-state index contributed by atoms with van der Waals surface area (Å²) >= 11 is 0. The topological polar surface area (TPSA) is 69.4 Å². The van der Waals surface area contributed by atoms with E-state index in [4.69, 9.17) is 4.74 Å². The van der Waals surface area contributed by atoms with E-state index in [1.165, 1.54) is 6.92 Å². The van der Waals surface area contributed by atoms with Crippen LogP contribution in [0.25, 0.3) is 0 Å². The van der Waals surface area contributed by atoms with Gasteiger partial charge in [0.1, 0.15) is 5.82 Å². The van der Waals surface area contributed by atoms with Crippen LogP contribution in [0.1, 0.15) is 34.0 Å². The zero-order valence-corrected chi connectivity index (χ0v) is 13.9. The Morgan fingerprint density at radius 2 is 1.75 bits per heavy atom. The Morgan fingerprint density at radius 3 is 2.38 bits per heavy atom. The highest BCUT2D eigenvalue weighted by molar-refractivity contribution is 6.01. The number of carbonyl (C=O) groups is 1. The van der Waals surface area contributed by atoms with Crippen molar-refractivity contribution in [1.82, 2.24) is 0 Å². The maximum absolute atomic E-state index is 13.4. The Morgan fingerprint density at radius 1 is 1.12 bits per heavy atom. The number of nitrogens with zero attached hydrogens (tertiary/aromatic N) is 1. The number of ketones is 1. The van der Waals surface area contributed by atoms with Crippen LogP contribution in [0.15, 0.2) is 30.3 Å². The summed E-state index contributed by atoms with van der Waals surface area (Å²) in [6.07, 6.45) is -0.980. The molecule has 0 bridgehead atoms. The minimum atomic E-state index is -0.980. The Hall–Kier alpha value is -2.76. The molecular weight excluding hydrogens is 313 g/mol. The molecule has 2 rings (SSSR count). The molecule has 0 aromatic heterocycles. The highest BCUT2D eigenvalue weighted by atomic mass is 19.1. The molecule has 0 aliphatic rings.